The van der Waals surface area contributed by atoms with Gasteiger partial charge in [0.15, 0.2) is 11.9 Å². The summed E-state index contributed by atoms with van der Waals surface area (Å²) in [5.41, 5.74) is -1.30. The zero-order valence-corrected chi connectivity index (χ0v) is 17.8. The van der Waals surface area contributed by atoms with Gasteiger partial charge in [-0.1, -0.05) is 6.08 Å². The van der Waals surface area contributed by atoms with E-state index >= 15 is 0 Å². The van der Waals surface area contributed by atoms with Gasteiger partial charge in [0, 0.05) is 5.92 Å². The summed E-state index contributed by atoms with van der Waals surface area (Å²) in [7, 11) is 1.20. The molecule has 1 spiro atoms. The zero-order valence-electron chi connectivity index (χ0n) is 17.8. The molecular formula is C21H26O12. The van der Waals surface area contributed by atoms with E-state index in [0.29, 0.717) is 0 Å². The Morgan fingerprint density at radius 2 is 1.94 bits per heavy atom. The van der Waals surface area contributed by atoms with Crippen LogP contribution in [0.4, 0.5) is 0 Å². The van der Waals surface area contributed by atoms with Crippen LogP contribution in [0.2, 0.25) is 0 Å². The molecule has 3 aliphatic heterocycles. The van der Waals surface area contributed by atoms with E-state index in [0.717, 1.165) is 6.26 Å². The molecule has 4 aliphatic rings. The molecule has 0 aromatic heterocycles. The van der Waals surface area contributed by atoms with Crippen molar-refractivity contribution in [2.45, 2.75) is 55.6 Å². The molecule has 0 aromatic carbocycles. The van der Waals surface area contributed by atoms with Crippen molar-refractivity contribution in [2.24, 2.45) is 11.8 Å². The lowest BCUT2D eigenvalue weighted by atomic mass is 9.78. The van der Waals surface area contributed by atoms with E-state index in [9.17, 15) is 35.1 Å². The maximum Gasteiger partial charge on any atom is 0.337 e. The molecule has 3 heterocycles. The van der Waals surface area contributed by atoms with Crippen molar-refractivity contribution in [3.05, 3.63) is 35.6 Å². The van der Waals surface area contributed by atoms with Crippen LogP contribution < -0.4 is 0 Å². The summed E-state index contributed by atoms with van der Waals surface area (Å²) < 4.78 is 27.2. The highest BCUT2D eigenvalue weighted by Gasteiger charge is 2.59. The number of carbonyl (C=O) groups excluding carboxylic acids is 2. The highest BCUT2D eigenvalue weighted by atomic mass is 16.8. The van der Waals surface area contributed by atoms with E-state index in [-0.39, 0.29) is 11.1 Å². The first-order chi connectivity index (χ1) is 15.6. The Hall–Kier alpha value is -2.32. The molecule has 1 saturated heterocycles. The third-order valence-corrected chi connectivity index (χ3v) is 6.33. The van der Waals surface area contributed by atoms with Crippen molar-refractivity contribution in [1.29, 1.82) is 0 Å². The average Bonchev–Trinajstić information content (AvgIpc) is 3.34. The summed E-state index contributed by atoms with van der Waals surface area (Å²) in [5.74, 6) is -3.03. The first kappa shape index (κ1) is 23.8. The molecule has 0 amide bonds. The third-order valence-electron chi connectivity index (χ3n) is 6.33. The standard InChI is InChI=1S/C21H26O12/c1-8(23)10-5-21(33-18(10)28)4-3-9-11(17(27)29-2)7-30-19(13(9)21)32-20-16(26)15(25)14(24)12(6-22)31-20/h3-5,7-9,12-16,19-20,22-26H,6H2,1-2H3/t8-,9+,12+,13+,14+,15-,16+,19-,20-,21?/m0/s1. The van der Waals surface area contributed by atoms with E-state index in [1.807, 2.05) is 0 Å². The zero-order chi connectivity index (χ0) is 24.1. The first-order valence-electron chi connectivity index (χ1n) is 10.4. The summed E-state index contributed by atoms with van der Waals surface area (Å²) in [6.07, 6.45) is -4.38. The minimum atomic E-state index is -1.70. The van der Waals surface area contributed by atoms with Gasteiger partial charge < -0.3 is 49.2 Å². The van der Waals surface area contributed by atoms with Gasteiger partial charge in [0.05, 0.1) is 43.1 Å². The smallest absolute Gasteiger partial charge is 0.337 e. The van der Waals surface area contributed by atoms with Crippen LogP contribution in [0.25, 0.3) is 0 Å². The molecule has 5 N–H and O–H groups in total. The summed E-state index contributed by atoms with van der Waals surface area (Å²) in [6.45, 7) is 0.750. The van der Waals surface area contributed by atoms with Gasteiger partial charge in [0.25, 0.3) is 0 Å². The van der Waals surface area contributed by atoms with Crippen LogP contribution in [0.3, 0.4) is 0 Å². The highest BCUT2D eigenvalue weighted by molar-refractivity contribution is 5.94. The van der Waals surface area contributed by atoms with Crippen molar-refractivity contribution >= 4 is 11.9 Å². The summed E-state index contributed by atoms with van der Waals surface area (Å²) in [4.78, 5) is 24.7. The van der Waals surface area contributed by atoms with Gasteiger partial charge in [-0.15, -0.1) is 0 Å². The van der Waals surface area contributed by atoms with Crippen LogP contribution in [-0.2, 0) is 33.3 Å². The van der Waals surface area contributed by atoms with Gasteiger partial charge in [-0.05, 0) is 19.1 Å². The van der Waals surface area contributed by atoms with E-state index in [4.69, 9.17) is 23.7 Å². The van der Waals surface area contributed by atoms with Crippen molar-refractivity contribution in [3.8, 4) is 0 Å². The van der Waals surface area contributed by atoms with Crippen LogP contribution in [0.15, 0.2) is 35.6 Å². The first-order valence-corrected chi connectivity index (χ1v) is 10.4. The predicted octanol–water partition coefficient (Wildman–Crippen LogP) is -2.38. The number of aliphatic hydroxyl groups excluding tert-OH is 5. The van der Waals surface area contributed by atoms with Crippen LogP contribution in [0, 0.1) is 11.8 Å². The van der Waals surface area contributed by atoms with Gasteiger partial charge >= 0.3 is 11.9 Å². The number of fused-ring (bicyclic) bond motifs is 2. The van der Waals surface area contributed by atoms with Gasteiger partial charge in [-0.2, -0.15) is 0 Å². The fourth-order valence-electron chi connectivity index (χ4n) is 4.57. The van der Waals surface area contributed by atoms with Gasteiger partial charge in [-0.3, -0.25) is 0 Å². The number of esters is 2. The van der Waals surface area contributed by atoms with Crippen LogP contribution in [-0.4, -0.2) is 99.9 Å². The fourth-order valence-corrected chi connectivity index (χ4v) is 4.57. The lowest BCUT2D eigenvalue weighted by molar-refractivity contribution is -0.344. The molecule has 182 valence electrons. The van der Waals surface area contributed by atoms with Gasteiger partial charge in [0.2, 0.25) is 6.29 Å². The molecule has 1 fully saturated rings. The van der Waals surface area contributed by atoms with Crippen LogP contribution in [0.1, 0.15) is 6.92 Å². The minimum Gasteiger partial charge on any atom is -0.471 e. The van der Waals surface area contributed by atoms with E-state index in [1.165, 1.54) is 20.1 Å². The van der Waals surface area contributed by atoms with Crippen molar-refractivity contribution < 1.29 is 58.8 Å². The Morgan fingerprint density at radius 1 is 1.21 bits per heavy atom. The van der Waals surface area contributed by atoms with Crippen LogP contribution >= 0.6 is 0 Å². The van der Waals surface area contributed by atoms with Crippen LogP contribution in [0.5, 0.6) is 0 Å². The Kier molecular flexibility index (Phi) is 6.35. The summed E-state index contributed by atoms with van der Waals surface area (Å²) in [6, 6.07) is 0. The molecule has 0 saturated carbocycles. The molecule has 12 nitrogen and oxygen atoms in total. The van der Waals surface area contributed by atoms with E-state index in [2.05, 4.69) is 0 Å². The Morgan fingerprint density at radius 3 is 2.55 bits per heavy atom. The number of methoxy groups -OCH3 is 1. The topological polar surface area (TPSA) is 181 Å². The van der Waals surface area contributed by atoms with Crippen molar-refractivity contribution in [1.82, 2.24) is 0 Å². The Balaban J connectivity index is 1.67. The minimum absolute atomic E-state index is 0.0149. The lowest BCUT2D eigenvalue weighted by Crippen LogP contribution is -2.60. The largest absolute Gasteiger partial charge is 0.471 e. The quantitative estimate of drug-likeness (QED) is 0.213. The summed E-state index contributed by atoms with van der Waals surface area (Å²) >= 11 is 0. The molecule has 4 rings (SSSR count). The molecular weight excluding hydrogens is 444 g/mol. The number of carbonyl (C=O) groups is 2. The molecule has 1 aliphatic carbocycles. The number of hydrogen-bond donors (Lipinski definition) is 5. The van der Waals surface area contributed by atoms with Gasteiger partial charge in [-0.25, -0.2) is 9.59 Å². The number of ether oxygens (including phenoxy) is 5. The second kappa shape index (κ2) is 8.80. The van der Waals surface area contributed by atoms with Gasteiger partial charge in [0.1, 0.15) is 24.4 Å². The second-order valence-corrected chi connectivity index (χ2v) is 8.33. The Bertz CT molecular complexity index is 892. The monoisotopic (exact) mass is 470 g/mol. The van der Waals surface area contributed by atoms with Crippen molar-refractivity contribution in [2.75, 3.05) is 13.7 Å². The van der Waals surface area contributed by atoms with E-state index in [1.54, 1.807) is 12.2 Å². The number of rotatable bonds is 5. The molecule has 10 atom stereocenters. The fraction of sp³-hybridized carbons (Fsp3) is 0.619. The SMILES string of the molecule is COC(=O)C1=CO[C@@H](O[C@@H]2O[C@H](CO)[C@@H](O)[C@H](O)[C@H]2O)[C@H]2[C@@H]1C=CC21C=C([C@H](C)O)C(=O)O1. The molecule has 33 heavy (non-hydrogen) atoms. The maximum atomic E-state index is 12.4. The van der Waals surface area contributed by atoms with Crippen molar-refractivity contribution in [3.63, 3.8) is 0 Å². The third kappa shape index (κ3) is 3.87. The second-order valence-electron chi connectivity index (χ2n) is 8.33. The lowest BCUT2D eigenvalue weighted by Gasteiger charge is -2.44. The molecule has 0 bridgehead atoms. The molecule has 0 radical (unpaired) electrons. The number of allylic oxidation sites excluding steroid dienone is 1. The average molecular weight is 470 g/mol. The Labute approximate surface area is 188 Å². The van der Waals surface area contributed by atoms with E-state index < -0.39 is 79.1 Å². The molecule has 0 aromatic rings. The molecule has 1 unspecified atom stereocenters. The predicted molar refractivity (Wildman–Crippen MR) is 105 cm³/mol. The molecule has 12 heteroatoms. The highest BCUT2D eigenvalue weighted by Crippen LogP contribution is 2.50. The number of hydrogen-bond acceptors (Lipinski definition) is 12. The maximum absolute atomic E-state index is 12.4. The normalized spacial score (nSPS) is 42.8. The summed E-state index contributed by atoms with van der Waals surface area (Å²) in [5, 5.41) is 49.8. The number of aliphatic hydroxyl groups is 5.